The fraction of sp³-hybridized carbons (Fsp3) is 0.458. The number of thioether (sulfide) groups is 1. The molecule has 0 saturated carbocycles. The molecule has 3 rings (SSSR count). The van der Waals surface area contributed by atoms with Crippen LogP contribution in [0.2, 0.25) is 0 Å². The number of nitrogens with zero attached hydrogens (tertiary/aromatic N) is 3. The number of esters is 1. The highest BCUT2D eigenvalue weighted by atomic mass is 32.2. The van der Waals surface area contributed by atoms with Crippen LogP contribution in [0.15, 0.2) is 51.6 Å². The van der Waals surface area contributed by atoms with Crippen LogP contribution >= 0.6 is 11.8 Å². The smallest absolute Gasteiger partial charge is 0.338 e. The lowest BCUT2D eigenvalue weighted by molar-refractivity contribution is -0.141. The van der Waals surface area contributed by atoms with Crippen LogP contribution in [-0.2, 0) is 19.1 Å². The maximum Gasteiger partial charge on any atom is 0.338 e. The van der Waals surface area contributed by atoms with Gasteiger partial charge in [-0.15, -0.1) is 0 Å². The fourth-order valence-electron chi connectivity index (χ4n) is 3.96. The zero-order valence-electron chi connectivity index (χ0n) is 19.4. The lowest BCUT2D eigenvalue weighted by atomic mass is 9.91. The standard InChI is InChI=1S/C24H31N3O4S/c1-6-26(7-2)20(28)14-18-15-32-24-25-17(4)21(23(29)31-13-12-30-5)22(27(18)24)19-11-9-8-10-16(19)3/h8-11,15,22H,6-7,12-14H2,1-5H3. The third kappa shape index (κ3) is 4.91. The molecule has 0 fully saturated rings. The number of ether oxygens (including phenoxy) is 2. The Morgan fingerprint density at radius 2 is 1.88 bits per heavy atom. The minimum Gasteiger partial charge on any atom is -0.460 e. The number of amides is 1. The molecular weight excluding hydrogens is 426 g/mol. The Kier molecular flexibility index (Phi) is 8.15. The molecule has 0 radical (unpaired) electrons. The zero-order chi connectivity index (χ0) is 23.3. The van der Waals surface area contributed by atoms with Gasteiger partial charge in [-0.05, 0) is 44.2 Å². The highest BCUT2D eigenvalue weighted by molar-refractivity contribution is 8.16. The van der Waals surface area contributed by atoms with Crippen molar-refractivity contribution in [1.29, 1.82) is 0 Å². The van der Waals surface area contributed by atoms with Crippen LogP contribution in [0.25, 0.3) is 0 Å². The Hall–Kier alpha value is -2.58. The molecule has 1 atom stereocenters. The quantitative estimate of drug-likeness (QED) is 0.412. The Balaban J connectivity index is 2.01. The number of rotatable bonds is 9. The molecule has 2 heterocycles. The van der Waals surface area contributed by atoms with Crippen molar-refractivity contribution in [3.05, 3.63) is 57.8 Å². The molecule has 1 aromatic carbocycles. The van der Waals surface area contributed by atoms with Gasteiger partial charge >= 0.3 is 5.97 Å². The number of amidine groups is 1. The SMILES string of the molecule is CCN(CC)C(=O)CC1=CSC2=NC(C)=C(C(=O)OCCOC)C(c3ccccc3C)N12. The summed E-state index contributed by atoms with van der Waals surface area (Å²) < 4.78 is 10.5. The normalized spacial score (nSPS) is 17.7. The van der Waals surface area contributed by atoms with E-state index in [1.807, 2.05) is 67.2 Å². The Bertz CT molecular complexity index is 966. The van der Waals surface area contributed by atoms with Gasteiger partial charge in [0.05, 0.1) is 30.3 Å². The number of benzene rings is 1. The maximum atomic E-state index is 13.2. The first kappa shape index (κ1) is 24.1. The first-order valence-electron chi connectivity index (χ1n) is 10.9. The Morgan fingerprint density at radius 1 is 1.16 bits per heavy atom. The molecule has 32 heavy (non-hydrogen) atoms. The van der Waals surface area contributed by atoms with Crippen molar-refractivity contribution in [2.24, 2.45) is 4.99 Å². The van der Waals surface area contributed by atoms with Crippen molar-refractivity contribution in [2.75, 3.05) is 33.4 Å². The lowest BCUT2D eigenvalue weighted by Crippen LogP contribution is -2.39. The summed E-state index contributed by atoms with van der Waals surface area (Å²) in [6.45, 7) is 9.63. The average molecular weight is 458 g/mol. The molecule has 0 saturated heterocycles. The van der Waals surface area contributed by atoms with Crippen LogP contribution in [0.5, 0.6) is 0 Å². The van der Waals surface area contributed by atoms with Crippen LogP contribution in [0.4, 0.5) is 0 Å². The topological polar surface area (TPSA) is 71.4 Å². The molecule has 0 aliphatic carbocycles. The van der Waals surface area contributed by atoms with Crippen LogP contribution < -0.4 is 0 Å². The summed E-state index contributed by atoms with van der Waals surface area (Å²) in [5.41, 5.74) is 4.00. The Morgan fingerprint density at radius 3 is 2.53 bits per heavy atom. The van der Waals surface area contributed by atoms with E-state index in [4.69, 9.17) is 14.5 Å². The van der Waals surface area contributed by atoms with Gasteiger partial charge in [0.25, 0.3) is 0 Å². The minimum atomic E-state index is -0.415. The first-order valence-corrected chi connectivity index (χ1v) is 11.7. The number of aliphatic imine (C=N–C) groups is 1. The van der Waals surface area contributed by atoms with Gasteiger partial charge in [-0.3, -0.25) is 4.79 Å². The molecule has 0 aromatic heterocycles. The predicted octanol–water partition coefficient (Wildman–Crippen LogP) is 4.02. The second-order valence-electron chi connectivity index (χ2n) is 7.62. The van der Waals surface area contributed by atoms with Crippen LogP contribution in [0.1, 0.15) is 44.4 Å². The third-order valence-electron chi connectivity index (χ3n) is 5.67. The van der Waals surface area contributed by atoms with Gasteiger partial charge in [0.15, 0.2) is 5.17 Å². The number of aryl methyl sites for hydroxylation is 1. The fourth-order valence-corrected chi connectivity index (χ4v) is 4.92. The van der Waals surface area contributed by atoms with E-state index < -0.39 is 12.0 Å². The second kappa shape index (κ2) is 10.8. The van der Waals surface area contributed by atoms with Gasteiger partial charge in [-0.25, -0.2) is 9.79 Å². The summed E-state index contributed by atoms with van der Waals surface area (Å²) in [7, 11) is 1.57. The zero-order valence-corrected chi connectivity index (χ0v) is 20.2. The van der Waals surface area contributed by atoms with Crippen molar-refractivity contribution >= 4 is 28.8 Å². The summed E-state index contributed by atoms with van der Waals surface area (Å²) in [5, 5.41) is 2.74. The van der Waals surface area contributed by atoms with E-state index in [1.165, 1.54) is 11.8 Å². The van der Waals surface area contributed by atoms with Gasteiger partial charge in [-0.1, -0.05) is 36.0 Å². The summed E-state index contributed by atoms with van der Waals surface area (Å²) in [6, 6.07) is 7.57. The largest absolute Gasteiger partial charge is 0.460 e. The second-order valence-corrected chi connectivity index (χ2v) is 8.46. The van der Waals surface area contributed by atoms with E-state index in [9.17, 15) is 9.59 Å². The molecule has 1 amide bonds. The van der Waals surface area contributed by atoms with E-state index in [0.717, 1.165) is 22.0 Å². The van der Waals surface area contributed by atoms with E-state index in [2.05, 4.69) is 0 Å². The number of allylic oxidation sites excluding steroid dienone is 1. The van der Waals surface area contributed by atoms with E-state index in [1.54, 1.807) is 7.11 Å². The highest BCUT2D eigenvalue weighted by Crippen LogP contribution is 2.45. The van der Waals surface area contributed by atoms with E-state index >= 15 is 0 Å². The highest BCUT2D eigenvalue weighted by Gasteiger charge is 2.41. The van der Waals surface area contributed by atoms with Crippen LogP contribution in [-0.4, -0.2) is 60.3 Å². The monoisotopic (exact) mass is 457 g/mol. The number of carbonyl (C=O) groups is 2. The summed E-state index contributed by atoms with van der Waals surface area (Å²) >= 11 is 1.48. The van der Waals surface area contributed by atoms with Gasteiger partial charge in [0.1, 0.15) is 6.61 Å². The maximum absolute atomic E-state index is 13.2. The number of hydrogen-bond acceptors (Lipinski definition) is 7. The molecule has 0 bridgehead atoms. The molecule has 8 heteroatoms. The lowest BCUT2D eigenvalue weighted by Gasteiger charge is -2.37. The van der Waals surface area contributed by atoms with Crippen molar-refractivity contribution in [2.45, 2.75) is 40.2 Å². The minimum absolute atomic E-state index is 0.0575. The summed E-state index contributed by atoms with van der Waals surface area (Å²) in [4.78, 5) is 34.6. The van der Waals surface area contributed by atoms with Crippen molar-refractivity contribution in [3.63, 3.8) is 0 Å². The van der Waals surface area contributed by atoms with Crippen LogP contribution in [0.3, 0.4) is 0 Å². The average Bonchev–Trinajstić information content (AvgIpc) is 3.16. The van der Waals surface area contributed by atoms with E-state index in [0.29, 0.717) is 31.0 Å². The molecule has 1 unspecified atom stereocenters. The summed E-state index contributed by atoms with van der Waals surface area (Å²) in [5.74, 6) is -0.357. The van der Waals surface area contributed by atoms with Crippen molar-refractivity contribution in [3.8, 4) is 0 Å². The molecule has 172 valence electrons. The molecule has 0 spiro atoms. The summed E-state index contributed by atoms with van der Waals surface area (Å²) in [6.07, 6.45) is 0.251. The van der Waals surface area contributed by atoms with Gasteiger partial charge < -0.3 is 19.3 Å². The Labute approximate surface area is 194 Å². The molecular formula is C24H31N3O4S. The van der Waals surface area contributed by atoms with Gasteiger partial charge in [0, 0.05) is 25.9 Å². The molecule has 1 aromatic rings. The number of hydrogen-bond donors (Lipinski definition) is 0. The van der Waals surface area contributed by atoms with Crippen LogP contribution in [0, 0.1) is 6.92 Å². The third-order valence-corrected chi connectivity index (χ3v) is 6.56. The van der Waals surface area contributed by atoms with Gasteiger partial charge in [0.2, 0.25) is 5.91 Å². The number of carbonyl (C=O) groups excluding carboxylic acids is 2. The molecule has 2 aliphatic heterocycles. The van der Waals surface area contributed by atoms with Crippen molar-refractivity contribution < 1.29 is 19.1 Å². The number of fused-ring (bicyclic) bond motifs is 1. The first-order chi connectivity index (χ1) is 15.4. The molecule has 7 nitrogen and oxygen atoms in total. The van der Waals surface area contributed by atoms with Crippen molar-refractivity contribution in [1.82, 2.24) is 9.80 Å². The van der Waals surface area contributed by atoms with E-state index in [-0.39, 0.29) is 18.9 Å². The predicted molar refractivity (Wildman–Crippen MR) is 127 cm³/mol. The number of methoxy groups -OCH3 is 1. The molecule has 2 aliphatic rings. The van der Waals surface area contributed by atoms with Gasteiger partial charge in [-0.2, -0.15) is 0 Å². The molecule has 0 N–H and O–H groups in total.